The van der Waals surface area contributed by atoms with Gasteiger partial charge in [0.05, 0.1) is 16.0 Å². The normalized spacial score (nSPS) is 14.5. The first-order chi connectivity index (χ1) is 7.24. The van der Waals surface area contributed by atoms with Crippen LogP contribution in [0, 0.1) is 0 Å². The Morgan fingerprint density at radius 3 is 2.77 bits per heavy atom. The molecule has 0 bridgehead atoms. The van der Waals surface area contributed by atoms with Crippen molar-refractivity contribution in [1.82, 2.24) is 0 Å². The number of benzene rings is 1. The van der Waals surface area contributed by atoms with Gasteiger partial charge in [-0.25, -0.2) is 0 Å². The molecule has 0 N–H and O–H groups in total. The Balaban J connectivity index is 2.34. The molecule has 0 amide bonds. The van der Waals surface area contributed by atoms with E-state index in [0.29, 0.717) is 6.61 Å². The van der Waals surface area contributed by atoms with Crippen molar-refractivity contribution in [3.8, 4) is 0 Å². The average Bonchev–Trinajstić information content (AvgIpc) is 2.29. The summed E-state index contributed by atoms with van der Waals surface area (Å²) < 4.78 is 20.0. The fourth-order valence-corrected chi connectivity index (χ4v) is 0.987. The number of hydrogen-bond acceptors (Lipinski definition) is 1. The Labute approximate surface area is 86.8 Å². The predicted octanol–water partition coefficient (Wildman–Crippen LogP) is 3.00. The van der Waals surface area contributed by atoms with E-state index >= 15 is 0 Å². The van der Waals surface area contributed by atoms with E-state index in [0.717, 1.165) is 5.56 Å². The van der Waals surface area contributed by atoms with E-state index in [1.165, 1.54) is 0 Å². The van der Waals surface area contributed by atoms with Gasteiger partial charge in [-0.3, -0.25) is 0 Å². The zero-order valence-corrected chi connectivity index (χ0v) is 8.05. The van der Waals surface area contributed by atoms with Crippen molar-refractivity contribution in [2.75, 3.05) is 12.5 Å². The third-order valence-corrected chi connectivity index (χ3v) is 1.61. The molecule has 1 rings (SSSR count). The monoisotopic (exact) mass is 198 g/mol. The van der Waals surface area contributed by atoms with E-state index in [2.05, 4.69) is 0 Å². The van der Waals surface area contributed by atoms with Crippen LogP contribution in [-0.4, -0.2) is 12.5 Å². The number of rotatable bonds is 5. The molecule has 0 aliphatic heterocycles. The van der Waals surface area contributed by atoms with Crippen LogP contribution in [-0.2, 0) is 11.3 Å². The first kappa shape index (κ1) is 7.60. The highest BCUT2D eigenvalue weighted by molar-refractivity contribution is 6.18. The van der Waals surface area contributed by atoms with Crippen LogP contribution in [0.3, 0.4) is 0 Å². The molecular weight excluding hydrogens is 184 g/mol. The van der Waals surface area contributed by atoms with Gasteiger partial charge in [-0.2, -0.15) is 0 Å². The number of alkyl halides is 1. The summed E-state index contributed by atoms with van der Waals surface area (Å²) in [6.07, 6.45) is 0. The fraction of sp³-hybridized carbons (Fsp3) is 0.273. The molecule has 1 aromatic rings. The summed E-state index contributed by atoms with van der Waals surface area (Å²) in [5.41, 5.74) is 1.06. The summed E-state index contributed by atoms with van der Waals surface area (Å²) in [6.45, 7) is 0.596. The molecule has 2 heteroatoms. The number of halogens is 1. The summed E-state index contributed by atoms with van der Waals surface area (Å²) in [4.78, 5) is 0. The van der Waals surface area contributed by atoms with E-state index in [1.54, 1.807) is 0 Å². The van der Waals surface area contributed by atoms with Crippen molar-refractivity contribution in [2.24, 2.45) is 0 Å². The zero-order chi connectivity index (χ0) is 11.1. The van der Waals surface area contributed by atoms with Crippen molar-refractivity contribution in [1.29, 1.82) is 0 Å². The molecule has 13 heavy (non-hydrogen) atoms. The van der Waals surface area contributed by atoms with Gasteiger partial charge in [-0.15, -0.1) is 11.6 Å². The van der Waals surface area contributed by atoms with E-state index < -0.39 is 0 Å². The Hall–Kier alpha value is -0.790. The van der Waals surface area contributed by atoms with Gasteiger partial charge in [-0.05, 0) is 5.56 Å². The Morgan fingerprint density at radius 1 is 1.31 bits per heavy atom. The molecule has 0 aliphatic rings. The van der Waals surface area contributed by atoms with Crippen molar-refractivity contribution in [3.63, 3.8) is 0 Å². The first-order valence-electron chi connectivity index (χ1n) is 5.07. The molecule has 0 aliphatic carbocycles. The van der Waals surface area contributed by atoms with Gasteiger partial charge in [0.1, 0.15) is 0 Å². The van der Waals surface area contributed by atoms with Crippen molar-refractivity contribution in [3.05, 3.63) is 48.0 Å². The minimum absolute atomic E-state index is 0.0630. The molecule has 0 saturated carbocycles. The van der Waals surface area contributed by atoms with Crippen LogP contribution in [0.15, 0.2) is 42.4 Å². The van der Waals surface area contributed by atoms with Crippen LogP contribution in [0.1, 0.15) is 8.30 Å². The van der Waals surface area contributed by atoms with E-state index in [4.69, 9.17) is 19.1 Å². The van der Waals surface area contributed by atoms with Gasteiger partial charge in [0.2, 0.25) is 0 Å². The summed E-state index contributed by atoms with van der Waals surface area (Å²) in [7, 11) is 0. The predicted molar refractivity (Wildman–Crippen MR) is 56.0 cm³/mol. The van der Waals surface area contributed by atoms with Crippen LogP contribution < -0.4 is 0 Å². The largest absolute Gasteiger partial charge is 0.373 e. The average molecular weight is 199 g/mol. The minimum Gasteiger partial charge on any atom is -0.373 e. The molecule has 0 spiro atoms. The highest BCUT2D eigenvalue weighted by atomic mass is 35.5. The summed E-state index contributed by atoms with van der Waals surface area (Å²) >= 11 is 5.42. The van der Waals surface area contributed by atoms with Crippen LogP contribution in [0.2, 0.25) is 0 Å². The quantitative estimate of drug-likeness (QED) is 0.522. The van der Waals surface area contributed by atoms with Gasteiger partial charge < -0.3 is 4.74 Å². The summed E-state index contributed by atoms with van der Waals surface area (Å²) in [5.74, 6) is 0.0630. The second-order valence-corrected chi connectivity index (χ2v) is 2.73. The maximum Gasteiger partial charge on any atom is 0.0721 e. The third-order valence-electron chi connectivity index (χ3n) is 1.48. The maximum absolute atomic E-state index is 7.43. The van der Waals surface area contributed by atoms with Crippen molar-refractivity contribution >= 4 is 11.6 Å². The molecule has 0 saturated heterocycles. The summed E-state index contributed by atoms with van der Waals surface area (Å²) in [6, 6.07) is 9.97. The van der Waals surface area contributed by atoms with Crippen LogP contribution in [0.4, 0.5) is 0 Å². The highest BCUT2D eigenvalue weighted by Gasteiger charge is 1.88. The second-order valence-electron chi connectivity index (χ2n) is 2.47. The molecule has 0 aromatic heterocycles. The van der Waals surface area contributed by atoms with Gasteiger partial charge in [0, 0.05) is 5.88 Å². The van der Waals surface area contributed by atoms with E-state index in [9.17, 15) is 0 Å². The van der Waals surface area contributed by atoms with Crippen molar-refractivity contribution < 1.29 is 7.48 Å². The molecule has 0 heterocycles. The van der Waals surface area contributed by atoms with Crippen LogP contribution in [0.5, 0.6) is 0 Å². The lowest BCUT2D eigenvalue weighted by Crippen LogP contribution is -1.91. The molecule has 1 nitrogen and oxygen atoms in total. The smallest absolute Gasteiger partial charge is 0.0721 e. The third kappa shape index (κ3) is 4.71. The zero-order valence-electron chi connectivity index (χ0n) is 9.29. The van der Waals surface area contributed by atoms with Gasteiger partial charge in [0.25, 0.3) is 0 Å². The van der Waals surface area contributed by atoms with E-state index in [1.807, 2.05) is 30.3 Å². The summed E-state index contributed by atoms with van der Waals surface area (Å²) in [5, 5.41) is 0. The number of ether oxygens (including phenoxy) is 1. The highest BCUT2D eigenvalue weighted by Crippen LogP contribution is 1.99. The Bertz CT molecular complexity index is 325. The number of hydrogen-bond donors (Lipinski definition) is 0. The minimum atomic E-state index is 0.0630. The van der Waals surface area contributed by atoms with Gasteiger partial charge in [-0.1, -0.05) is 42.4 Å². The molecule has 0 fully saturated rings. The van der Waals surface area contributed by atoms with E-state index in [-0.39, 0.29) is 24.6 Å². The van der Waals surface area contributed by atoms with Crippen molar-refractivity contribution in [2.45, 2.75) is 6.61 Å². The molecule has 0 radical (unpaired) electrons. The maximum atomic E-state index is 7.43. The topological polar surface area (TPSA) is 9.23 Å². The molecule has 0 atom stereocenters. The van der Waals surface area contributed by atoms with Crippen LogP contribution in [0.25, 0.3) is 0 Å². The fourth-order valence-electron chi connectivity index (χ4n) is 0.892. The molecule has 70 valence electrons. The van der Waals surface area contributed by atoms with Gasteiger partial charge in [0.15, 0.2) is 0 Å². The lowest BCUT2D eigenvalue weighted by atomic mass is 10.2. The second kappa shape index (κ2) is 6.70. The Morgan fingerprint density at radius 2 is 2.08 bits per heavy atom. The standard InChI is InChI=1S/C11H13ClO/c12-8-4-5-9-13-10-11-6-2-1-3-7-11/h1-7H,8-10H2/b5-4-/i4D,5D. The molecule has 1 aromatic carbocycles. The molecule has 0 unspecified atom stereocenters. The van der Waals surface area contributed by atoms with Gasteiger partial charge >= 0.3 is 0 Å². The lowest BCUT2D eigenvalue weighted by molar-refractivity contribution is 0.148. The first-order valence-corrected chi connectivity index (χ1v) is 4.60. The Kier molecular flexibility index (Phi) is 3.91. The SMILES string of the molecule is [2H]/C(CCl)=C(\[2H])COCc1ccccc1. The van der Waals surface area contributed by atoms with Crippen LogP contribution >= 0.6 is 11.6 Å². The molecular formula is C11H13ClO. The lowest BCUT2D eigenvalue weighted by Gasteiger charge is -2.00. The number of allylic oxidation sites excluding steroid dienone is 1.